The van der Waals surface area contributed by atoms with E-state index in [1.165, 1.54) is 44.8 Å². The van der Waals surface area contributed by atoms with Gasteiger partial charge in [-0.15, -0.1) is 11.3 Å². The molecule has 3 rings (SSSR count). The monoisotopic (exact) mass is 470 g/mol. The Bertz CT molecular complexity index is 1090. The number of hydrogen-bond donors (Lipinski definition) is 1. The maximum atomic E-state index is 12.3. The first-order valence-corrected chi connectivity index (χ1v) is 11.2. The molecule has 8 nitrogen and oxygen atoms in total. The van der Waals surface area contributed by atoms with Crippen molar-refractivity contribution in [1.29, 1.82) is 5.26 Å². The van der Waals surface area contributed by atoms with Crippen molar-refractivity contribution in [3.05, 3.63) is 39.8 Å². The third-order valence-electron chi connectivity index (χ3n) is 5.32. The molecule has 0 fully saturated rings. The van der Waals surface area contributed by atoms with Gasteiger partial charge in [-0.05, 0) is 54.5 Å². The average molecular weight is 471 g/mol. The fraction of sp³-hybridized carbons (Fsp3) is 0.375. The molecule has 1 aromatic carbocycles. The van der Waals surface area contributed by atoms with Crippen LogP contribution in [0.3, 0.4) is 0 Å². The summed E-state index contributed by atoms with van der Waals surface area (Å²) in [7, 11) is 4.50. The van der Waals surface area contributed by atoms with E-state index in [1.54, 1.807) is 12.1 Å². The molecule has 1 heterocycles. The summed E-state index contributed by atoms with van der Waals surface area (Å²) in [4.78, 5) is 25.6. The molecule has 1 N–H and O–H groups in total. The number of nitrogens with zero attached hydrogens (tertiary/aromatic N) is 1. The van der Waals surface area contributed by atoms with Crippen LogP contribution in [0.5, 0.6) is 17.2 Å². The minimum Gasteiger partial charge on any atom is -0.493 e. The van der Waals surface area contributed by atoms with Gasteiger partial charge in [-0.25, -0.2) is 4.79 Å². The zero-order valence-electron chi connectivity index (χ0n) is 19.0. The minimum absolute atomic E-state index is 0.442. The van der Waals surface area contributed by atoms with Crippen LogP contribution in [-0.4, -0.2) is 39.8 Å². The van der Waals surface area contributed by atoms with Gasteiger partial charge in [-0.1, -0.05) is 6.92 Å². The quantitative estimate of drug-likeness (QED) is 0.460. The first-order chi connectivity index (χ1) is 15.9. The maximum absolute atomic E-state index is 12.3. The van der Waals surface area contributed by atoms with Crippen LogP contribution in [0, 0.1) is 17.2 Å². The normalized spacial score (nSPS) is 14.8. The van der Waals surface area contributed by atoms with E-state index < -0.39 is 18.5 Å². The number of carbonyl (C=O) groups is 2. The number of nitriles is 1. The van der Waals surface area contributed by atoms with Gasteiger partial charge in [-0.3, -0.25) is 4.79 Å². The number of esters is 1. The highest BCUT2D eigenvalue weighted by Crippen LogP contribution is 2.39. The average Bonchev–Trinajstić information content (AvgIpc) is 3.16. The van der Waals surface area contributed by atoms with Crippen molar-refractivity contribution in [3.8, 4) is 23.3 Å². The number of benzene rings is 1. The number of fused-ring (bicyclic) bond motifs is 1. The number of carbonyl (C=O) groups excluding carboxylic acids is 2. The summed E-state index contributed by atoms with van der Waals surface area (Å²) in [5, 5.41) is 12.8. The molecular formula is C24H26N2O6S. The Morgan fingerprint density at radius 3 is 2.52 bits per heavy atom. The van der Waals surface area contributed by atoms with Gasteiger partial charge in [0.15, 0.2) is 18.1 Å². The molecule has 1 amide bonds. The Balaban J connectivity index is 1.60. The van der Waals surface area contributed by atoms with E-state index in [2.05, 4.69) is 18.3 Å². The van der Waals surface area contributed by atoms with Crippen molar-refractivity contribution in [2.24, 2.45) is 5.92 Å². The van der Waals surface area contributed by atoms with Gasteiger partial charge in [0.1, 0.15) is 11.1 Å². The Morgan fingerprint density at radius 2 is 1.91 bits per heavy atom. The Hall–Kier alpha value is -3.51. The number of ether oxygens (including phenoxy) is 4. The molecule has 2 aromatic rings. The highest BCUT2D eigenvalue weighted by atomic mass is 32.1. The van der Waals surface area contributed by atoms with Crippen LogP contribution in [0.2, 0.25) is 0 Å². The molecule has 0 aliphatic heterocycles. The smallest absolute Gasteiger partial charge is 0.331 e. The zero-order chi connectivity index (χ0) is 24.0. The molecule has 0 bridgehead atoms. The summed E-state index contributed by atoms with van der Waals surface area (Å²) < 4.78 is 20.9. The summed E-state index contributed by atoms with van der Waals surface area (Å²) in [6.45, 7) is 1.72. The molecule has 0 spiro atoms. The lowest BCUT2D eigenvalue weighted by Crippen LogP contribution is -2.20. The lowest BCUT2D eigenvalue weighted by atomic mass is 9.89. The summed E-state index contributed by atoms with van der Waals surface area (Å²) in [6, 6.07) is 5.56. The van der Waals surface area contributed by atoms with Crippen molar-refractivity contribution in [2.45, 2.75) is 26.2 Å². The van der Waals surface area contributed by atoms with Crippen LogP contribution in [0.4, 0.5) is 5.00 Å². The van der Waals surface area contributed by atoms with Crippen LogP contribution >= 0.6 is 11.3 Å². The van der Waals surface area contributed by atoms with E-state index in [-0.39, 0.29) is 0 Å². The summed E-state index contributed by atoms with van der Waals surface area (Å²) >= 11 is 1.43. The van der Waals surface area contributed by atoms with Gasteiger partial charge in [0, 0.05) is 11.0 Å². The predicted molar refractivity (Wildman–Crippen MR) is 125 cm³/mol. The van der Waals surface area contributed by atoms with E-state index in [0.29, 0.717) is 39.3 Å². The van der Waals surface area contributed by atoms with Gasteiger partial charge < -0.3 is 24.3 Å². The van der Waals surface area contributed by atoms with E-state index in [4.69, 9.17) is 18.9 Å². The maximum Gasteiger partial charge on any atom is 0.331 e. The number of nitrogens with one attached hydrogen (secondary N) is 1. The highest BCUT2D eigenvalue weighted by molar-refractivity contribution is 7.16. The van der Waals surface area contributed by atoms with Crippen molar-refractivity contribution in [2.75, 3.05) is 33.3 Å². The summed E-state index contributed by atoms with van der Waals surface area (Å²) in [6.07, 6.45) is 5.51. The van der Waals surface area contributed by atoms with Crippen molar-refractivity contribution in [1.82, 2.24) is 0 Å². The molecule has 9 heteroatoms. The second kappa shape index (κ2) is 10.9. The highest BCUT2D eigenvalue weighted by Gasteiger charge is 2.24. The van der Waals surface area contributed by atoms with E-state index >= 15 is 0 Å². The topological polar surface area (TPSA) is 107 Å². The zero-order valence-corrected chi connectivity index (χ0v) is 19.8. The number of anilines is 1. The number of hydrogen-bond acceptors (Lipinski definition) is 8. The number of rotatable bonds is 8. The molecule has 1 unspecified atom stereocenters. The Labute approximate surface area is 196 Å². The lowest BCUT2D eigenvalue weighted by Gasteiger charge is -2.17. The third-order valence-corrected chi connectivity index (χ3v) is 6.49. The van der Waals surface area contributed by atoms with Crippen LogP contribution in [0.15, 0.2) is 18.2 Å². The Morgan fingerprint density at radius 1 is 1.21 bits per heavy atom. The SMILES string of the molecule is COc1cc(C=CC(=O)OCC(=O)Nc2sc3c(c2C#N)CCC(C)C3)cc(OC)c1OC. The second-order valence-electron chi connectivity index (χ2n) is 7.62. The van der Waals surface area contributed by atoms with E-state index in [1.807, 2.05) is 0 Å². The fourth-order valence-electron chi connectivity index (χ4n) is 3.67. The van der Waals surface area contributed by atoms with Crippen LogP contribution < -0.4 is 19.5 Å². The molecule has 1 aliphatic carbocycles. The van der Waals surface area contributed by atoms with Gasteiger partial charge >= 0.3 is 5.97 Å². The first-order valence-electron chi connectivity index (χ1n) is 10.4. The molecular weight excluding hydrogens is 444 g/mol. The van der Waals surface area contributed by atoms with Gasteiger partial charge in [0.25, 0.3) is 5.91 Å². The molecule has 0 radical (unpaired) electrons. The molecule has 1 aromatic heterocycles. The molecule has 1 aliphatic rings. The van der Waals surface area contributed by atoms with Crippen molar-refractivity contribution >= 4 is 34.3 Å². The molecule has 174 valence electrons. The number of amides is 1. The summed E-state index contributed by atoms with van der Waals surface area (Å²) in [5.41, 5.74) is 2.17. The van der Waals surface area contributed by atoms with Crippen LogP contribution in [-0.2, 0) is 27.2 Å². The molecule has 0 saturated carbocycles. The standard InChI is InChI=1S/C24H26N2O6S/c1-14-5-7-16-17(12-25)24(33-20(16)9-14)26-21(27)13-32-22(28)8-6-15-10-18(29-2)23(31-4)19(11-15)30-3/h6,8,10-11,14H,5,7,9,13H2,1-4H3,(H,26,27). The van der Waals surface area contributed by atoms with Gasteiger partial charge in [-0.2, -0.15) is 5.26 Å². The molecule has 1 atom stereocenters. The molecule has 33 heavy (non-hydrogen) atoms. The second-order valence-corrected chi connectivity index (χ2v) is 8.72. The summed E-state index contributed by atoms with van der Waals surface area (Å²) in [5.74, 6) is 0.727. The van der Waals surface area contributed by atoms with Crippen molar-refractivity contribution in [3.63, 3.8) is 0 Å². The largest absolute Gasteiger partial charge is 0.493 e. The van der Waals surface area contributed by atoms with Crippen LogP contribution in [0.1, 0.15) is 34.9 Å². The molecule has 0 saturated heterocycles. The Kier molecular flexibility index (Phi) is 7.96. The number of methoxy groups -OCH3 is 3. The van der Waals surface area contributed by atoms with E-state index in [9.17, 15) is 14.9 Å². The minimum atomic E-state index is -0.682. The third kappa shape index (κ3) is 5.65. The fourth-order valence-corrected chi connectivity index (χ4v) is 5.04. The lowest BCUT2D eigenvalue weighted by molar-refractivity contribution is -0.142. The van der Waals surface area contributed by atoms with Crippen molar-refractivity contribution < 1.29 is 28.5 Å². The number of thiophene rings is 1. The first kappa shape index (κ1) is 24.1. The van der Waals surface area contributed by atoms with E-state index in [0.717, 1.165) is 29.7 Å². The van der Waals surface area contributed by atoms with Crippen LogP contribution in [0.25, 0.3) is 6.08 Å². The van der Waals surface area contributed by atoms with Gasteiger partial charge in [0.2, 0.25) is 5.75 Å². The van der Waals surface area contributed by atoms with Gasteiger partial charge in [0.05, 0.1) is 26.9 Å². The predicted octanol–water partition coefficient (Wildman–Crippen LogP) is 3.97.